The third-order valence-corrected chi connectivity index (χ3v) is 6.55. The van der Waals surface area contributed by atoms with Gasteiger partial charge in [-0.25, -0.2) is 4.39 Å². The van der Waals surface area contributed by atoms with Gasteiger partial charge in [0, 0.05) is 30.7 Å². The summed E-state index contributed by atoms with van der Waals surface area (Å²) in [4.78, 5) is 25.8. The Kier molecular flexibility index (Phi) is 6.74. The molecule has 2 amide bonds. The van der Waals surface area contributed by atoms with E-state index in [2.05, 4.69) is 17.6 Å². The van der Waals surface area contributed by atoms with Crippen LogP contribution in [0.25, 0.3) is 0 Å². The number of hydrogen-bond acceptors (Lipinski definition) is 4. The lowest BCUT2D eigenvalue weighted by atomic mass is 9.96. The number of nitrogens with one attached hydrogen (secondary N) is 2. The van der Waals surface area contributed by atoms with Crippen LogP contribution in [0.2, 0.25) is 0 Å². The SMILES string of the molecule is COc1cc([C@@H](C)NC2CC[C@H](c3ccc(C(=O)N4CCNC(=O)C4)cc3)C2)ccc1F. The Morgan fingerprint density at radius 1 is 1.22 bits per heavy atom. The zero-order valence-electron chi connectivity index (χ0n) is 18.6. The summed E-state index contributed by atoms with van der Waals surface area (Å²) in [5.74, 6) is 0.141. The van der Waals surface area contributed by atoms with Crippen molar-refractivity contribution in [1.29, 1.82) is 0 Å². The first-order valence-corrected chi connectivity index (χ1v) is 11.2. The third kappa shape index (κ3) is 4.93. The molecule has 2 aliphatic rings. The summed E-state index contributed by atoms with van der Waals surface area (Å²) in [5.41, 5.74) is 2.86. The molecule has 3 atom stereocenters. The Labute approximate surface area is 188 Å². The number of carbonyl (C=O) groups is 2. The highest BCUT2D eigenvalue weighted by Crippen LogP contribution is 2.36. The summed E-state index contributed by atoms with van der Waals surface area (Å²) in [5, 5.41) is 6.40. The van der Waals surface area contributed by atoms with Gasteiger partial charge >= 0.3 is 0 Å². The lowest BCUT2D eigenvalue weighted by Gasteiger charge is -2.26. The molecule has 0 spiro atoms. The Balaban J connectivity index is 1.34. The molecule has 32 heavy (non-hydrogen) atoms. The molecule has 1 saturated heterocycles. The first kappa shape index (κ1) is 22.3. The summed E-state index contributed by atoms with van der Waals surface area (Å²) < 4.78 is 18.8. The van der Waals surface area contributed by atoms with Crippen LogP contribution >= 0.6 is 0 Å². The average Bonchev–Trinajstić information content (AvgIpc) is 3.27. The van der Waals surface area contributed by atoms with Crippen LogP contribution in [0.5, 0.6) is 5.75 Å². The maximum atomic E-state index is 13.7. The number of methoxy groups -OCH3 is 1. The third-order valence-electron chi connectivity index (χ3n) is 6.55. The van der Waals surface area contributed by atoms with Gasteiger partial charge in [0.05, 0.1) is 13.7 Å². The molecular weight excluding hydrogens is 409 g/mol. The minimum absolute atomic E-state index is 0.0926. The molecule has 0 radical (unpaired) electrons. The standard InChI is InChI=1S/C25H30FN3O3/c1-16(19-8-10-22(26)23(14-19)32-2)28-21-9-7-20(13-21)17-3-5-18(6-4-17)25(31)29-12-11-27-24(30)15-29/h3-6,8,10,14,16,20-21,28H,7,9,11-13,15H2,1-2H3,(H,27,30)/t16-,20+,21?/m1/s1. The van der Waals surface area contributed by atoms with Crippen LogP contribution in [0.4, 0.5) is 4.39 Å². The summed E-state index contributed by atoms with van der Waals surface area (Å²) in [7, 11) is 1.48. The number of amides is 2. The van der Waals surface area contributed by atoms with Crippen LogP contribution in [0, 0.1) is 5.82 Å². The number of carbonyl (C=O) groups excluding carboxylic acids is 2. The quantitative estimate of drug-likeness (QED) is 0.724. The van der Waals surface area contributed by atoms with E-state index in [-0.39, 0.29) is 36.0 Å². The topological polar surface area (TPSA) is 70.7 Å². The van der Waals surface area contributed by atoms with Crippen LogP contribution < -0.4 is 15.4 Å². The normalized spacial score (nSPS) is 21.8. The minimum Gasteiger partial charge on any atom is -0.494 e. The van der Waals surface area contributed by atoms with Crippen LogP contribution in [-0.4, -0.2) is 49.5 Å². The van der Waals surface area contributed by atoms with Crippen molar-refractivity contribution in [3.05, 3.63) is 65.0 Å². The predicted molar refractivity (Wildman–Crippen MR) is 120 cm³/mol. The Morgan fingerprint density at radius 2 is 2.00 bits per heavy atom. The van der Waals surface area contributed by atoms with Gasteiger partial charge in [0.2, 0.25) is 5.91 Å². The van der Waals surface area contributed by atoms with Crippen molar-refractivity contribution in [3.8, 4) is 5.75 Å². The van der Waals surface area contributed by atoms with Crippen LogP contribution in [-0.2, 0) is 4.79 Å². The van der Waals surface area contributed by atoms with Crippen molar-refractivity contribution in [2.75, 3.05) is 26.7 Å². The van der Waals surface area contributed by atoms with E-state index >= 15 is 0 Å². The van der Waals surface area contributed by atoms with Crippen molar-refractivity contribution < 1.29 is 18.7 Å². The number of benzene rings is 2. The molecule has 1 heterocycles. The fourth-order valence-electron chi connectivity index (χ4n) is 4.72. The van der Waals surface area contributed by atoms with E-state index < -0.39 is 0 Å². The van der Waals surface area contributed by atoms with E-state index in [9.17, 15) is 14.0 Å². The monoisotopic (exact) mass is 439 g/mol. The molecule has 2 aromatic rings. The molecule has 170 valence electrons. The molecule has 0 bridgehead atoms. The van der Waals surface area contributed by atoms with Crippen molar-refractivity contribution in [3.63, 3.8) is 0 Å². The Hall–Kier alpha value is -2.93. The second kappa shape index (κ2) is 9.69. The zero-order chi connectivity index (χ0) is 22.7. The molecule has 2 fully saturated rings. The van der Waals surface area contributed by atoms with Gasteiger partial charge in [0.25, 0.3) is 5.91 Å². The second-order valence-electron chi connectivity index (χ2n) is 8.69. The maximum Gasteiger partial charge on any atom is 0.254 e. The number of nitrogens with zero attached hydrogens (tertiary/aromatic N) is 1. The number of hydrogen-bond donors (Lipinski definition) is 2. The Bertz CT molecular complexity index is 979. The van der Waals surface area contributed by atoms with Crippen molar-refractivity contribution in [2.45, 2.75) is 44.2 Å². The molecule has 7 heteroatoms. The molecule has 1 aliphatic heterocycles. The van der Waals surface area contributed by atoms with Gasteiger partial charge in [-0.05, 0) is 67.5 Å². The summed E-state index contributed by atoms with van der Waals surface area (Å²) in [6.07, 6.45) is 3.16. The summed E-state index contributed by atoms with van der Waals surface area (Å²) >= 11 is 0. The molecule has 4 rings (SSSR count). The molecule has 2 N–H and O–H groups in total. The van der Waals surface area contributed by atoms with Crippen LogP contribution in [0.3, 0.4) is 0 Å². The fraction of sp³-hybridized carbons (Fsp3) is 0.440. The largest absolute Gasteiger partial charge is 0.494 e. The number of halogens is 1. The molecule has 1 aliphatic carbocycles. The van der Waals surface area contributed by atoms with E-state index in [1.807, 2.05) is 24.3 Å². The van der Waals surface area contributed by atoms with E-state index in [0.717, 1.165) is 24.8 Å². The average molecular weight is 440 g/mol. The van der Waals surface area contributed by atoms with E-state index in [1.165, 1.54) is 18.7 Å². The van der Waals surface area contributed by atoms with Gasteiger partial charge in [0.15, 0.2) is 11.6 Å². The number of piperazine rings is 1. The number of ether oxygens (including phenoxy) is 1. The minimum atomic E-state index is -0.352. The van der Waals surface area contributed by atoms with Gasteiger partial charge in [-0.2, -0.15) is 0 Å². The molecule has 1 saturated carbocycles. The Morgan fingerprint density at radius 3 is 2.72 bits per heavy atom. The molecule has 2 aromatic carbocycles. The van der Waals surface area contributed by atoms with Gasteiger partial charge in [-0.1, -0.05) is 18.2 Å². The van der Waals surface area contributed by atoms with Crippen molar-refractivity contribution in [2.24, 2.45) is 0 Å². The highest BCUT2D eigenvalue weighted by molar-refractivity contribution is 5.97. The molecule has 1 unspecified atom stereocenters. The highest BCUT2D eigenvalue weighted by atomic mass is 19.1. The molecular formula is C25H30FN3O3. The lowest BCUT2D eigenvalue weighted by Crippen LogP contribution is -2.49. The predicted octanol–water partition coefficient (Wildman–Crippen LogP) is 3.39. The van der Waals surface area contributed by atoms with Gasteiger partial charge in [-0.15, -0.1) is 0 Å². The van der Waals surface area contributed by atoms with E-state index in [4.69, 9.17) is 4.74 Å². The number of rotatable bonds is 6. The first-order chi connectivity index (χ1) is 15.4. The summed E-state index contributed by atoms with van der Waals surface area (Å²) in [6, 6.07) is 13.3. The van der Waals surface area contributed by atoms with E-state index in [0.29, 0.717) is 30.6 Å². The smallest absolute Gasteiger partial charge is 0.254 e. The zero-order valence-corrected chi connectivity index (χ0v) is 18.6. The maximum absolute atomic E-state index is 13.7. The highest BCUT2D eigenvalue weighted by Gasteiger charge is 2.28. The van der Waals surface area contributed by atoms with Gasteiger partial charge in [-0.3, -0.25) is 9.59 Å². The second-order valence-corrected chi connectivity index (χ2v) is 8.69. The van der Waals surface area contributed by atoms with Crippen LogP contribution in [0.15, 0.2) is 42.5 Å². The van der Waals surface area contributed by atoms with Crippen LogP contribution in [0.1, 0.15) is 59.6 Å². The van der Waals surface area contributed by atoms with Gasteiger partial charge < -0.3 is 20.3 Å². The van der Waals surface area contributed by atoms with Crippen molar-refractivity contribution >= 4 is 11.8 Å². The first-order valence-electron chi connectivity index (χ1n) is 11.2. The van der Waals surface area contributed by atoms with Crippen molar-refractivity contribution in [1.82, 2.24) is 15.5 Å². The molecule has 0 aromatic heterocycles. The van der Waals surface area contributed by atoms with E-state index in [1.54, 1.807) is 17.0 Å². The van der Waals surface area contributed by atoms with Gasteiger partial charge in [0.1, 0.15) is 0 Å². The molecule has 6 nitrogen and oxygen atoms in total. The fourth-order valence-corrected chi connectivity index (χ4v) is 4.72. The summed E-state index contributed by atoms with van der Waals surface area (Å²) in [6.45, 7) is 3.25. The lowest BCUT2D eigenvalue weighted by molar-refractivity contribution is -0.123.